The third-order valence-corrected chi connectivity index (χ3v) is 1.50. The molecule has 0 aromatic carbocycles. The van der Waals surface area contributed by atoms with Gasteiger partial charge in [0.2, 0.25) is 6.30 Å². The van der Waals surface area contributed by atoms with Crippen LogP contribution in [-0.2, 0) is 9.59 Å². The van der Waals surface area contributed by atoms with Crippen molar-refractivity contribution in [2.24, 2.45) is 0 Å². The second-order valence-corrected chi connectivity index (χ2v) is 2.72. The normalized spacial score (nSPS) is 16.6. The van der Waals surface area contributed by atoms with Crippen molar-refractivity contribution in [2.75, 3.05) is 14.1 Å². The van der Waals surface area contributed by atoms with Crippen LogP contribution in [0.25, 0.3) is 0 Å². The molecule has 0 heterocycles. The van der Waals surface area contributed by atoms with E-state index < -0.39 is 23.9 Å². The second-order valence-electron chi connectivity index (χ2n) is 2.72. The van der Waals surface area contributed by atoms with E-state index in [0.717, 1.165) is 6.92 Å². The van der Waals surface area contributed by atoms with Crippen molar-refractivity contribution >= 4 is 11.8 Å². The van der Waals surface area contributed by atoms with E-state index in [-0.39, 0.29) is 0 Å². The zero-order chi connectivity index (χ0) is 11.4. The number of carbonyl (C=O) groups is 2. The van der Waals surface area contributed by atoms with E-state index in [0.29, 0.717) is 0 Å². The average Bonchev–Trinajstić information content (AvgIpc) is 2.14. The van der Waals surface area contributed by atoms with E-state index in [4.69, 9.17) is 0 Å². The molecule has 0 fully saturated rings. The van der Waals surface area contributed by atoms with Crippen molar-refractivity contribution in [1.82, 2.24) is 16.0 Å². The van der Waals surface area contributed by atoms with Crippen molar-refractivity contribution in [1.29, 1.82) is 0 Å². The number of likely N-dealkylation sites (N-methyl/N-ethyl adjacent to an activating group) is 2. The fourth-order valence-electron chi connectivity index (χ4n) is 0.717. The topological polar surface area (TPSA) is 70.2 Å². The summed E-state index contributed by atoms with van der Waals surface area (Å²) >= 11 is 0. The maximum atomic E-state index is 13.3. The summed E-state index contributed by atoms with van der Waals surface area (Å²) in [5.74, 6) is -4.90. The summed E-state index contributed by atoms with van der Waals surface area (Å²) in [4.78, 5) is 21.7. The van der Waals surface area contributed by atoms with Crippen LogP contribution in [0, 0.1) is 0 Å². The lowest BCUT2D eigenvalue weighted by Gasteiger charge is -2.20. The van der Waals surface area contributed by atoms with E-state index in [2.05, 4.69) is 0 Å². The summed E-state index contributed by atoms with van der Waals surface area (Å²) in [6.45, 7) is 0.826. The zero-order valence-corrected chi connectivity index (χ0v) is 8.15. The van der Waals surface area contributed by atoms with Gasteiger partial charge in [-0.15, -0.1) is 0 Å². The van der Waals surface area contributed by atoms with Crippen LogP contribution in [0.2, 0.25) is 0 Å². The highest BCUT2D eigenvalue weighted by Gasteiger charge is 2.35. The molecule has 0 spiro atoms. The van der Waals surface area contributed by atoms with Gasteiger partial charge < -0.3 is 10.6 Å². The van der Waals surface area contributed by atoms with Gasteiger partial charge in [-0.05, 0) is 14.0 Å². The Hall–Kier alpha value is -1.24. The lowest BCUT2D eigenvalue weighted by atomic mass is 10.2. The molecule has 0 aliphatic heterocycles. The molecule has 0 bridgehead atoms. The van der Waals surface area contributed by atoms with Crippen LogP contribution in [0.5, 0.6) is 0 Å². The van der Waals surface area contributed by atoms with Crippen LogP contribution in [0.1, 0.15) is 6.92 Å². The third kappa shape index (κ3) is 3.25. The highest BCUT2D eigenvalue weighted by atomic mass is 19.1. The Morgan fingerprint density at radius 3 is 2.21 bits per heavy atom. The summed E-state index contributed by atoms with van der Waals surface area (Å²) in [5.41, 5.74) is 0. The largest absolute Gasteiger partial charge is 0.355 e. The highest BCUT2D eigenvalue weighted by molar-refractivity contribution is 5.90. The SMILES string of the molecule is CNC(=O)[C@@](C)(F)NC(=O)[C@H](F)NC. The number of carbonyl (C=O) groups excluding carboxylic acids is 2. The van der Waals surface area contributed by atoms with Gasteiger partial charge in [-0.3, -0.25) is 14.9 Å². The Morgan fingerprint density at radius 2 is 1.86 bits per heavy atom. The molecular weight excluding hydrogens is 196 g/mol. The number of amides is 2. The highest BCUT2D eigenvalue weighted by Crippen LogP contribution is 2.05. The molecule has 0 aliphatic rings. The summed E-state index contributed by atoms with van der Waals surface area (Å²) < 4.78 is 25.9. The molecule has 7 heteroatoms. The van der Waals surface area contributed by atoms with Crippen molar-refractivity contribution in [3.63, 3.8) is 0 Å². The summed E-state index contributed by atoms with van der Waals surface area (Å²) in [7, 11) is 2.40. The Bertz CT molecular complexity index is 233. The Morgan fingerprint density at radius 1 is 1.36 bits per heavy atom. The van der Waals surface area contributed by atoms with E-state index in [1.165, 1.54) is 14.1 Å². The molecule has 14 heavy (non-hydrogen) atoms. The maximum absolute atomic E-state index is 13.3. The molecule has 3 N–H and O–H groups in total. The Balaban J connectivity index is 4.36. The van der Waals surface area contributed by atoms with Gasteiger partial charge in [0.15, 0.2) is 0 Å². The van der Waals surface area contributed by atoms with E-state index in [1.54, 1.807) is 5.32 Å². The van der Waals surface area contributed by atoms with Gasteiger partial charge in [-0.2, -0.15) is 0 Å². The van der Waals surface area contributed by atoms with Crippen molar-refractivity contribution in [3.05, 3.63) is 0 Å². The molecule has 82 valence electrons. The van der Waals surface area contributed by atoms with E-state index in [1.807, 2.05) is 10.6 Å². The first kappa shape index (κ1) is 12.8. The fourth-order valence-corrected chi connectivity index (χ4v) is 0.717. The molecule has 2 atom stereocenters. The standard InChI is InChI=1S/C7H13F2N3O2/c1-7(9,6(14)11-3)12-5(13)4(8)10-2/h4,10H,1-3H3,(H,11,14)(H,12,13)/t4-,7+/m1/s1. The van der Waals surface area contributed by atoms with Crippen molar-refractivity contribution in [2.45, 2.75) is 19.0 Å². The summed E-state index contributed by atoms with van der Waals surface area (Å²) in [6.07, 6.45) is -2.05. The van der Waals surface area contributed by atoms with Gasteiger partial charge >= 0.3 is 0 Å². The van der Waals surface area contributed by atoms with E-state index in [9.17, 15) is 18.4 Å². The van der Waals surface area contributed by atoms with Gasteiger partial charge in [-0.25, -0.2) is 8.78 Å². The Labute approximate surface area is 80.2 Å². The number of hydrogen-bond donors (Lipinski definition) is 3. The number of alkyl halides is 2. The molecule has 0 saturated carbocycles. The lowest BCUT2D eigenvalue weighted by Crippen LogP contribution is -2.56. The minimum absolute atomic E-state index is 0.826. The molecule has 0 aliphatic carbocycles. The first-order chi connectivity index (χ1) is 6.35. The second kappa shape index (κ2) is 4.85. The van der Waals surface area contributed by atoms with Crippen LogP contribution < -0.4 is 16.0 Å². The van der Waals surface area contributed by atoms with Gasteiger partial charge in [0.1, 0.15) is 0 Å². The summed E-state index contributed by atoms with van der Waals surface area (Å²) in [6, 6.07) is 0. The van der Waals surface area contributed by atoms with Gasteiger partial charge in [0, 0.05) is 7.05 Å². The zero-order valence-electron chi connectivity index (χ0n) is 8.15. The van der Waals surface area contributed by atoms with Crippen LogP contribution in [-0.4, -0.2) is 38.0 Å². The molecule has 0 unspecified atom stereocenters. The number of hydrogen-bond acceptors (Lipinski definition) is 3. The minimum atomic E-state index is -2.62. The van der Waals surface area contributed by atoms with Crippen LogP contribution in [0.15, 0.2) is 0 Å². The van der Waals surface area contributed by atoms with Gasteiger partial charge in [0.25, 0.3) is 17.6 Å². The molecule has 0 aromatic rings. The smallest absolute Gasteiger partial charge is 0.278 e. The third-order valence-electron chi connectivity index (χ3n) is 1.50. The van der Waals surface area contributed by atoms with Crippen molar-refractivity contribution in [3.8, 4) is 0 Å². The molecule has 0 aromatic heterocycles. The summed E-state index contributed by atoms with van der Waals surface area (Å²) in [5, 5.41) is 5.57. The monoisotopic (exact) mass is 209 g/mol. The van der Waals surface area contributed by atoms with Crippen LogP contribution >= 0.6 is 0 Å². The fraction of sp³-hybridized carbons (Fsp3) is 0.714. The van der Waals surface area contributed by atoms with Gasteiger partial charge in [0.05, 0.1) is 0 Å². The van der Waals surface area contributed by atoms with Gasteiger partial charge in [-0.1, -0.05) is 0 Å². The molecule has 0 rings (SSSR count). The molecule has 0 radical (unpaired) electrons. The predicted molar refractivity (Wildman–Crippen MR) is 45.7 cm³/mol. The lowest BCUT2D eigenvalue weighted by molar-refractivity contribution is -0.142. The maximum Gasteiger partial charge on any atom is 0.278 e. The van der Waals surface area contributed by atoms with Crippen molar-refractivity contribution < 1.29 is 18.4 Å². The number of rotatable bonds is 4. The first-order valence-corrected chi connectivity index (χ1v) is 3.89. The molecule has 2 amide bonds. The molecular formula is C7H13F2N3O2. The predicted octanol–water partition coefficient (Wildman–Crippen LogP) is -0.951. The average molecular weight is 209 g/mol. The van der Waals surface area contributed by atoms with Crippen LogP contribution in [0.3, 0.4) is 0 Å². The molecule has 0 saturated heterocycles. The number of halogens is 2. The quantitative estimate of drug-likeness (QED) is 0.523. The Kier molecular flexibility index (Phi) is 4.42. The van der Waals surface area contributed by atoms with E-state index >= 15 is 0 Å². The first-order valence-electron chi connectivity index (χ1n) is 3.89. The molecule has 5 nitrogen and oxygen atoms in total. The number of nitrogens with one attached hydrogen (secondary N) is 3. The van der Waals surface area contributed by atoms with Crippen LogP contribution in [0.4, 0.5) is 8.78 Å². The minimum Gasteiger partial charge on any atom is -0.355 e.